The molecule has 1 aliphatic heterocycles. The lowest BCUT2D eigenvalue weighted by molar-refractivity contribution is -0.150. The van der Waals surface area contributed by atoms with E-state index in [0.717, 1.165) is 30.6 Å². The number of hydrogen-bond donors (Lipinski definition) is 0. The van der Waals surface area contributed by atoms with Gasteiger partial charge in [-0.05, 0) is 49.8 Å². The number of esters is 1. The molecule has 2 aromatic rings. The molecular weight excluding hydrogens is 454 g/mol. The molecule has 1 aliphatic rings. The van der Waals surface area contributed by atoms with Gasteiger partial charge in [-0.15, -0.1) is 0 Å². The molecule has 1 fully saturated rings. The Morgan fingerprint density at radius 3 is 2.17 bits per heavy atom. The topological polar surface area (TPSA) is 92.8 Å². The highest BCUT2D eigenvalue weighted by Gasteiger charge is 2.34. The molecule has 0 saturated carbocycles. The molecule has 0 aliphatic carbocycles. The molecule has 1 atom stereocenters. The number of piperidine rings is 1. The number of methoxy groups -OCH3 is 4. The number of rotatable bonds is 10. The van der Waals surface area contributed by atoms with E-state index in [1.54, 1.807) is 7.11 Å². The van der Waals surface area contributed by atoms with Crippen LogP contribution in [-0.4, -0.2) is 64.6 Å². The van der Waals surface area contributed by atoms with E-state index in [1.807, 2.05) is 24.3 Å². The van der Waals surface area contributed by atoms with Gasteiger partial charge in [0.1, 0.15) is 17.5 Å². The highest BCUT2D eigenvalue weighted by atomic mass is 16.6. The molecule has 0 aromatic heterocycles. The Hall–Kier alpha value is -3.62. The van der Waals surface area contributed by atoms with Crippen LogP contribution in [-0.2, 0) is 16.0 Å². The molecule has 9 heteroatoms. The summed E-state index contributed by atoms with van der Waals surface area (Å²) in [7, 11) is 6.08. The fourth-order valence-electron chi connectivity index (χ4n) is 4.01. The number of likely N-dealkylation sites (tertiary alicyclic amines) is 1. The van der Waals surface area contributed by atoms with Gasteiger partial charge >= 0.3 is 12.1 Å². The van der Waals surface area contributed by atoms with E-state index in [0.29, 0.717) is 36.6 Å². The van der Waals surface area contributed by atoms with E-state index in [9.17, 15) is 9.59 Å². The number of hydrogen-bond acceptors (Lipinski definition) is 8. The predicted octanol–water partition coefficient (Wildman–Crippen LogP) is 4.25. The summed E-state index contributed by atoms with van der Waals surface area (Å²) in [5, 5.41) is 0. The summed E-state index contributed by atoms with van der Waals surface area (Å²) < 4.78 is 32.2. The summed E-state index contributed by atoms with van der Waals surface area (Å²) >= 11 is 0. The number of amides is 1. The first-order valence-electron chi connectivity index (χ1n) is 11.6. The zero-order chi connectivity index (χ0) is 25.2. The summed E-state index contributed by atoms with van der Waals surface area (Å²) in [6.07, 6.45) is 2.97. The number of carbonyl (C=O) groups is 2. The van der Waals surface area contributed by atoms with Gasteiger partial charge in [0.15, 0.2) is 11.5 Å². The van der Waals surface area contributed by atoms with Gasteiger partial charge in [0, 0.05) is 18.7 Å². The van der Waals surface area contributed by atoms with Crippen LogP contribution >= 0.6 is 0 Å². The molecule has 1 amide bonds. The monoisotopic (exact) mass is 487 g/mol. The molecule has 0 N–H and O–H groups in total. The summed E-state index contributed by atoms with van der Waals surface area (Å²) in [5.74, 6) is 1.73. The summed E-state index contributed by atoms with van der Waals surface area (Å²) in [6, 6.07) is 10.2. The van der Waals surface area contributed by atoms with Crippen LogP contribution in [0.1, 0.15) is 31.2 Å². The maximum absolute atomic E-state index is 13.0. The Labute approximate surface area is 205 Å². The van der Waals surface area contributed by atoms with Gasteiger partial charge in [-0.25, -0.2) is 9.59 Å². The predicted molar refractivity (Wildman–Crippen MR) is 129 cm³/mol. The maximum Gasteiger partial charge on any atom is 0.415 e. The summed E-state index contributed by atoms with van der Waals surface area (Å²) in [6.45, 7) is 0.687. The average Bonchev–Trinajstić information content (AvgIpc) is 2.90. The second-order valence-electron chi connectivity index (χ2n) is 8.05. The second kappa shape index (κ2) is 12.7. The normalized spacial score (nSPS) is 15.2. The zero-order valence-electron chi connectivity index (χ0n) is 20.7. The molecule has 0 radical (unpaired) electrons. The van der Waals surface area contributed by atoms with Crippen molar-refractivity contribution < 1.29 is 38.0 Å². The van der Waals surface area contributed by atoms with Crippen molar-refractivity contribution in [3.05, 3.63) is 42.0 Å². The van der Waals surface area contributed by atoms with Gasteiger partial charge in [-0.2, -0.15) is 0 Å². The Kier molecular flexibility index (Phi) is 9.46. The number of aryl methyl sites for hydroxylation is 1. The van der Waals surface area contributed by atoms with E-state index in [4.69, 9.17) is 28.4 Å². The number of carbonyl (C=O) groups excluding carboxylic acids is 2. The largest absolute Gasteiger partial charge is 0.497 e. The fraction of sp³-hybridized carbons (Fsp3) is 0.462. The van der Waals surface area contributed by atoms with E-state index in [2.05, 4.69) is 0 Å². The highest BCUT2D eigenvalue weighted by Crippen LogP contribution is 2.41. The fourth-order valence-corrected chi connectivity index (χ4v) is 4.01. The van der Waals surface area contributed by atoms with Crippen LogP contribution in [0.2, 0.25) is 0 Å². The third-order valence-electron chi connectivity index (χ3n) is 5.87. The van der Waals surface area contributed by atoms with E-state index in [1.165, 1.54) is 38.4 Å². The van der Waals surface area contributed by atoms with Crippen LogP contribution in [0.4, 0.5) is 4.79 Å². The minimum Gasteiger partial charge on any atom is -0.497 e. The molecule has 1 saturated heterocycles. The van der Waals surface area contributed by atoms with Gasteiger partial charge < -0.3 is 28.4 Å². The van der Waals surface area contributed by atoms with Gasteiger partial charge in [0.05, 0.1) is 35.0 Å². The standard InChI is InChI=1S/C26H33NO8/c1-30-19-12-10-18(11-13-19)8-7-15-34-25(28)21-9-5-6-14-27(21)26(29)35-20-16-22(31-2)24(33-4)23(17-20)32-3/h10-13,16-17,21H,5-9,14-15H2,1-4H3/t21-/m0/s1. The molecule has 2 aromatic carbocycles. The minimum absolute atomic E-state index is 0.224. The molecule has 1 heterocycles. The molecule has 35 heavy (non-hydrogen) atoms. The molecule has 9 nitrogen and oxygen atoms in total. The summed E-state index contributed by atoms with van der Waals surface area (Å²) in [5.41, 5.74) is 1.13. The van der Waals surface area contributed by atoms with Crippen molar-refractivity contribution in [2.45, 2.75) is 38.1 Å². The summed E-state index contributed by atoms with van der Waals surface area (Å²) in [4.78, 5) is 27.2. The molecule has 3 rings (SSSR count). The minimum atomic E-state index is -0.681. The van der Waals surface area contributed by atoms with Crippen molar-refractivity contribution in [1.29, 1.82) is 0 Å². The first kappa shape index (κ1) is 26.0. The van der Waals surface area contributed by atoms with E-state index >= 15 is 0 Å². The van der Waals surface area contributed by atoms with Crippen molar-refractivity contribution in [3.63, 3.8) is 0 Å². The molecule has 0 bridgehead atoms. The Balaban J connectivity index is 1.58. The van der Waals surface area contributed by atoms with E-state index in [-0.39, 0.29) is 12.4 Å². The zero-order valence-corrected chi connectivity index (χ0v) is 20.7. The van der Waals surface area contributed by atoms with Crippen LogP contribution in [0.3, 0.4) is 0 Å². The highest BCUT2D eigenvalue weighted by molar-refractivity contribution is 5.82. The van der Waals surface area contributed by atoms with Gasteiger partial charge in [-0.3, -0.25) is 4.90 Å². The SMILES string of the molecule is COc1ccc(CCCOC(=O)[C@@H]2CCCCN2C(=O)Oc2cc(OC)c(OC)c(OC)c2)cc1. The second-order valence-corrected chi connectivity index (χ2v) is 8.05. The quantitative estimate of drug-likeness (QED) is 0.363. The Morgan fingerprint density at radius 2 is 1.57 bits per heavy atom. The Morgan fingerprint density at radius 1 is 0.886 bits per heavy atom. The lowest BCUT2D eigenvalue weighted by Gasteiger charge is -2.33. The lowest BCUT2D eigenvalue weighted by Crippen LogP contribution is -2.49. The third kappa shape index (κ3) is 6.71. The van der Waals surface area contributed by atoms with Gasteiger partial charge in [0.25, 0.3) is 0 Å². The van der Waals surface area contributed by atoms with Crippen LogP contribution in [0.5, 0.6) is 28.7 Å². The van der Waals surface area contributed by atoms with Crippen molar-refractivity contribution in [1.82, 2.24) is 4.90 Å². The molecule has 0 unspecified atom stereocenters. The average molecular weight is 488 g/mol. The number of benzene rings is 2. The lowest BCUT2D eigenvalue weighted by atomic mass is 10.0. The van der Waals surface area contributed by atoms with Gasteiger partial charge in [0.2, 0.25) is 5.75 Å². The first-order chi connectivity index (χ1) is 17.0. The van der Waals surface area contributed by atoms with Crippen molar-refractivity contribution in [3.8, 4) is 28.7 Å². The number of nitrogens with zero attached hydrogens (tertiary/aromatic N) is 1. The van der Waals surface area contributed by atoms with Crippen LogP contribution in [0, 0.1) is 0 Å². The molecule has 0 spiro atoms. The van der Waals surface area contributed by atoms with Crippen LogP contribution in [0.15, 0.2) is 36.4 Å². The first-order valence-corrected chi connectivity index (χ1v) is 11.6. The molecular formula is C26H33NO8. The van der Waals surface area contributed by atoms with E-state index < -0.39 is 18.1 Å². The van der Waals surface area contributed by atoms with Crippen molar-refractivity contribution in [2.75, 3.05) is 41.6 Å². The third-order valence-corrected chi connectivity index (χ3v) is 5.87. The number of ether oxygens (including phenoxy) is 6. The van der Waals surface area contributed by atoms with Crippen molar-refractivity contribution in [2.24, 2.45) is 0 Å². The van der Waals surface area contributed by atoms with Crippen LogP contribution in [0.25, 0.3) is 0 Å². The smallest absolute Gasteiger partial charge is 0.415 e. The maximum atomic E-state index is 13.0. The molecule has 190 valence electrons. The van der Waals surface area contributed by atoms with Gasteiger partial charge in [-0.1, -0.05) is 12.1 Å². The Bertz CT molecular complexity index is 966. The van der Waals surface area contributed by atoms with Crippen molar-refractivity contribution >= 4 is 12.1 Å². The van der Waals surface area contributed by atoms with Crippen LogP contribution < -0.4 is 23.7 Å².